The summed E-state index contributed by atoms with van der Waals surface area (Å²) in [6, 6.07) is 4.92. The van der Waals surface area contributed by atoms with E-state index >= 15 is 0 Å². The molecule has 1 aromatic rings. The first-order valence-corrected chi connectivity index (χ1v) is 4.92. The minimum Gasteiger partial charge on any atom is -0.326 e. The summed E-state index contributed by atoms with van der Waals surface area (Å²) >= 11 is 0. The molecule has 2 heteroatoms. The molecule has 0 atom stereocenters. The van der Waals surface area contributed by atoms with E-state index in [0.717, 1.165) is 18.4 Å². The van der Waals surface area contributed by atoms with Gasteiger partial charge in [0.2, 0.25) is 0 Å². The van der Waals surface area contributed by atoms with Crippen molar-refractivity contribution in [3.05, 3.63) is 35.1 Å². The summed E-state index contributed by atoms with van der Waals surface area (Å²) in [5.41, 5.74) is 7.93. The van der Waals surface area contributed by atoms with Crippen molar-refractivity contribution in [2.75, 3.05) is 0 Å². The van der Waals surface area contributed by atoms with E-state index in [9.17, 15) is 4.39 Å². The van der Waals surface area contributed by atoms with Gasteiger partial charge in [0, 0.05) is 5.54 Å². The number of aryl methyl sites for hydroxylation is 2. The lowest BCUT2D eigenvalue weighted by atomic mass is 9.94. The molecular formula is C12H18FN. The summed E-state index contributed by atoms with van der Waals surface area (Å²) in [6.45, 7) is 5.94. The van der Waals surface area contributed by atoms with Crippen molar-refractivity contribution in [1.29, 1.82) is 0 Å². The molecule has 0 amide bonds. The minimum absolute atomic E-state index is 0.152. The van der Waals surface area contributed by atoms with Crippen LogP contribution in [0.3, 0.4) is 0 Å². The van der Waals surface area contributed by atoms with Gasteiger partial charge in [0.1, 0.15) is 5.82 Å². The molecule has 0 heterocycles. The zero-order valence-corrected chi connectivity index (χ0v) is 9.10. The average molecular weight is 195 g/mol. The molecule has 0 spiro atoms. The Morgan fingerprint density at radius 1 is 1.36 bits per heavy atom. The van der Waals surface area contributed by atoms with Gasteiger partial charge < -0.3 is 5.73 Å². The van der Waals surface area contributed by atoms with E-state index in [1.54, 1.807) is 6.07 Å². The summed E-state index contributed by atoms with van der Waals surface area (Å²) in [4.78, 5) is 0. The molecule has 0 aliphatic heterocycles. The van der Waals surface area contributed by atoms with E-state index in [0.29, 0.717) is 0 Å². The zero-order valence-electron chi connectivity index (χ0n) is 9.10. The van der Waals surface area contributed by atoms with Crippen molar-refractivity contribution in [1.82, 2.24) is 0 Å². The van der Waals surface area contributed by atoms with Crippen molar-refractivity contribution in [2.45, 2.75) is 39.2 Å². The Labute approximate surface area is 85.1 Å². The number of hydrogen-bond acceptors (Lipinski definition) is 1. The number of hydrogen-bond donors (Lipinski definition) is 1. The number of rotatable bonds is 3. The van der Waals surface area contributed by atoms with Gasteiger partial charge in [0.05, 0.1) is 0 Å². The van der Waals surface area contributed by atoms with E-state index < -0.39 is 0 Å². The van der Waals surface area contributed by atoms with Crippen LogP contribution in [0.5, 0.6) is 0 Å². The highest BCUT2D eigenvalue weighted by molar-refractivity contribution is 5.26. The lowest BCUT2D eigenvalue weighted by Gasteiger charge is -2.18. The second-order valence-corrected chi connectivity index (χ2v) is 4.56. The fourth-order valence-electron chi connectivity index (χ4n) is 1.40. The summed E-state index contributed by atoms with van der Waals surface area (Å²) in [7, 11) is 0. The third kappa shape index (κ3) is 3.46. The van der Waals surface area contributed by atoms with Crippen molar-refractivity contribution < 1.29 is 4.39 Å². The lowest BCUT2D eigenvalue weighted by molar-refractivity contribution is 0.476. The normalized spacial score (nSPS) is 11.8. The van der Waals surface area contributed by atoms with Crippen LogP contribution < -0.4 is 5.73 Å². The maximum atomic E-state index is 12.8. The second kappa shape index (κ2) is 4.09. The molecule has 14 heavy (non-hydrogen) atoms. The van der Waals surface area contributed by atoms with Gasteiger partial charge in [-0.2, -0.15) is 0 Å². The smallest absolute Gasteiger partial charge is 0.123 e. The Bertz CT molecular complexity index is 313. The van der Waals surface area contributed by atoms with Gasteiger partial charge in [0.15, 0.2) is 0 Å². The van der Waals surface area contributed by atoms with E-state index in [-0.39, 0.29) is 11.4 Å². The fraction of sp³-hybridized carbons (Fsp3) is 0.500. The molecule has 0 fully saturated rings. The summed E-state index contributed by atoms with van der Waals surface area (Å²) in [5.74, 6) is -0.168. The van der Waals surface area contributed by atoms with E-state index in [1.165, 1.54) is 11.6 Å². The molecule has 0 aliphatic rings. The number of nitrogens with two attached hydrogens (primary N) is 1. The first-order valence-electron chi connectivity index (χ1n) is 4.92. The van der Waals surface area contributed by atoms with Crippen molar-refractivity contribution in [3.8, 4) is 0 Å². The molecule has 0 radical (unpaired) electrons. The van der Waals surface area contributed by atoms with Crippen LogP contribution in [0.1, 0.15) is 31.4 Å². The Morgan fingerprint density at radius 2 is 2.00 bits per heavy atom. The quantitative estimate of drug-likeness (QED) is 0.788. The molecule has 0 bridgehead atoms. The van der Waals surface area contributed by atoms with Gasteiger partial charge in [-0.3, -0.25) is 0 Å². The average Bonchev–Trinajstić information content (AvgIpc) is 2.00. The van der Waals surface area contributed by atoms with Gasteiger partial charge in [-0.05, 0) is 56.9 Å². The highest BCUT2D eigenvalue weighted by Crippen LogP contribution is 2.15. The summed E-state index contributed by atoms with van der Waals surface area (Å²) in [6.07, 6.45) is 1.83. The summed E-state index contributed by atoms with van der Waals surface area (Å²) < 4.78 is 12.8. The van der Waals surface area contributed by atoms with Crippen LogP contribution in [-0.2, 0) is 6.42 Å². The molecular weight excluding hydrogens is 177 g/mol. The highest BCUT2D eigenvalue weighted by atomic mass is 19.1. The molecule has 78 valence electrons. The Hall–Kier alpha value is -0.890. The predicted octanol–water partition coefficient (Wildman–Crippen LogP) is 2.80. The van der Waals surface area contributed by atoms with Crippen LogP contribution in [0.2, 0.25) is 0 Å². The Balaban J connectivity index is 2.68. The third-order valence-electron chi connectivity index (χ3n) is 2.34. The topological polar surface area (TPSA) is 26.0 Å². The monoisotopic (exact) mass is 195 g/mol. The standard InChI is InChI=1S/C12H18FN/c1-9-8-11(13)5-4-10(9)6-7-12(2,3)14/h4-5,8H,6-7,14H2,1-3H3. The van der Waals surface area contributed by atoms with Gasteiger partial charge in [-0.25, -0.2) is 4.39 Å². The molecule has 2 N–H and O–H groups in total. The predicted molar refractivity (Wildman–Crippen MR) is 57.7 cm³/mol. The van der Waals surface area contributed by atoms with E-state index in [4.69, 9.17) is 5.73 Å². The van der Waals surface area contributed by atoms with E-state index in [2.05, 4.69) is 0 Å². The minimum atomic E-state index is -0.168. The maximum Gasteiger partial charge on any atom is 0.123 e. The second-order valence-electron chi connectivity index (χ2n) is 4.56. The molecule has 0 aliphatic carbocycles. The molecule has 1 rings (SSSR count). The van der Waals surface area contributed by atoms with Gasteiger partial charge in [0.25, 0.3) is 0 Å². The van der Waals surface area contributed by atoms with Crippen molar-refractivity contribution >= 4 is 0 Å². The van der Waals surface area contributed by atoms with Crippen LogP contribution in [-0.4, -0.2) is 5.54 Å². The Kier molecular flexibility index (Phi) is 3.27. The molecule has 0 saturated carbocycles. The SMILES string of the molecule is Cc1cc(F)ccc1CCC(C)(C)N. The van der Waals surface area contributed by atoms with Gasteiger partial charge >= 0.3 is 0 Å². The maximum absolute atomic E-state index is 12.8. The molecule has 1 nitrogen and oxygen atoms in total. The number of benzene rings is 1. The first-order chi connectivity index (χ1) is 6.38. The molecule has 1 aromatic carbocycles. The van der Waals surface area contributed by atoms with Crippen LogP contribution in [0.4, 0.5) is 4.39 Å². The zero-order chi connectivity index (χ0) is 10.8. The number of halogens is 1. The first kappa shape index (κ1) is 11.2. The van der Waals surface area contributed by atoms with Gasteiger partial charge in [-0.1, -0.05) is 6.07 Å². The largest absolute Gasteiger partial charge is 0.326 e. The molecule has 0 aromatic heterocycles. The highest BCUT2D eigenvalue weighted by Gasteiger charge is 2.11. The third-order valence-corrected chi connectivity index (χ3v) is 2.34. The van der Waals surface area contributed by atoms with Crippen LogP contribution in [0.25, 0.3) is 0 Å². The fourth-order valence-corrected chi connectivity index (χ4v) is 1.40. The van der Waals surface area contributed by atoms with Crippen LogP contribution in [0, 0.1) is 12.7 Å². The van der Waals surface area contributed by atoms with Crippen molar-refractivity contribution in [2.24, 2.45) is 5.73 Å². The molecule has 0 saturated heterocycles. The van der Waals surface area contributed by atoms with Gasteiger partial charge in [-0.15, -0.1) is 0 Å². The van der Waals surface area contributed by atoms with Crippen LogP contribution in [0.15, 0.2) is 18.2 Å². The van der Waals surface area contributed by atoms with Crippen LogP contribution >= 0.6 is 0 Å². The Morgan fingerprint density at radius 3 is 2.50 bits per heavy atom. The van der Waals surface area contributed by atoms with E-state index in [1.807, 2.05) is 26.8 Å². The molecule has 0 unspecified atom stereocenters. The van der Waals surface area contributed by atoms with Crippen molar-refractivity contribution in [3.63, 3.8) is 0 Å². The lowest BCUT2D eigenvalue weighted by Crippen LogP contribution is -2.32. The summed E-state index contributed by atoms with van der Waals surface area (Å²) in [5, 5.41) is 0.